The molecule has 1 aliphatic heterocycles. The summed E-state index contributed by atoms with van der Waals surface area (Å²) in [5.41, 5.74) is 0.783. The van der Waals surface area contributed by atoms with Crippen molar-refractivity contribution >= 4 is 0 Å². The molecule has 0 aromatic rings. The summed E-state index contributed by atoms with van der Waals surface area (Å²) in [6, 6.07) is 0. The molecule has 1 saturated carbocycles. The van der Waals surface area contributed by atoms with Crippen LogP contribution in [0.2, 0.25) is 0 Å². The molecule has 0 amide bonds. The molecule has 12 heavy (non-hydrogen) atoms. The van der Waals surface area contributed by atoms with E-state index in [4.69, 9.17) is 0 Å². The van der Waals surface area contributed by atoms with Crippen molar-refractivity contribution in [2.45, 2.75) is 33.6 Å². The normalized spacial score (nSPS) is 48.2. The molecular formula is C11H21N. The van der Waals surface area contributed by atoms with Gasteiger partial charge in [0, 0.05) is 6.54 Å². The Morgan fingerprint density at radius 2 is 2.00 bits per heavy atom. The van der Waals surface area contributed by atoms with Crippen molar-refractivity contribution in [2.75, 3.05) is 19.6 Å². The fourth-order valence-electron chi connectivity index (χ4n) is 3.11. The summed E-state index contributed by atoms with van der Waals surface area (Å²) < 4.78 is 0. The zero-order chi connectivity index (χ0) is 8.77. The number of rotatable bonds is 1. The van der Waals surface area contributed by atoms with Gasteiger partial charge in [-0.3, -0.25) is 0 Å². The van der Waals surface area contributed by atoms with Gasteiger partial charge in [0.2, 0.25) is 0 Å². The highest BCUT2D eigenvalue weighted by molar-refractivity contribution is 5.05. The molecule has 2 aliphatic rings. The first kappa shape index (κ1) is 8.55. The summed E-state index contributed by atoms with van der Waals surface area (Å²) >= 11 is 0. The van der Waals surface area contributed by atoms with Crippen LogP contribution in [0.15, 0.2) is 0 Å². The predicted octanol–water partition coefficient (Wildman–Crippen LogP) is 2.37. The minimum Gasteiger partial charge on any atom is -0.303 e. The molecule has 2 fully saturated rings. The third-order valence-corrected chi connectivity index (χ3v) is 4.36. The molecule has 1 heteroatoms. The lowest BCUT2D eigenvalue weighted by atomic mass is 9.82. The molecule has 2 unspecified atom stereocenters. The van der Waals surface area contributed by atoms with Crippen molar-refractivity contribution in [3.63, 3.8) is 0 Å². The smallest absolute Gasteiger partial charge is 0.00123 e. The summed E-state index contributed by atoms with van der Waals surface area (Å²) in [5.74, 6) is 1.97. The molecule has 0 aromatic heterocycles. The average Bonchev–Trinajstić information content (AvgIpc) is 2.70. The molecule has 0 N–H and O–H groups in total. The van der Waals surface area contributed by atoms with Crippen LogP contribution in [0.4, 0.5) is 0 Å². The summed E-state index contributed by atoms with van der Waals surface area (Å²) in [4.78, 5) is 2.60. The van der Waals surface area contributed by atoms with E-state index in [1.54, 1.807) is 0 Å². The number of nitrogens with zero attached hydrogens (tertiary/aromatic N) is 1. The average molecular weight is 167 g/mol. The van der Waals surface area contributed by atoms with Crippen LogP contribution in [0.5, 0.6) is 0 Å². The topological polar surface area (TPSA) is 3.24 Å². The second-order valence-corrected chi connectivity index (χ2v) is 4.88. The van der Waals surface area contributed by atoms with Crippen molar-refractivity contribution < 1.29 is 0 Å². The first-order valence-corrected chi connectivity index (χ1v) is 5.41. The van der Waals surface area contributed by atoms with Gasteiger partial charge in [-0.15, -0.1) is 0 Å². The van der Waals surface area contributed by atoms with Gasteiger partial charge in [-0.05, 0) is 43.2 Å². The van der Waals surface area contributed by atoms with Gasteiger partial charge in [-0.1, -0.05) is 20.8 Å². The molecule has 1 heterocycles. The fourth-order valence-corrected chi connectivity index (χ4v) is 3.11. The lowest BCUT2D eigenvalue weighted by Gasteiger charge is -2.37. The van der Waals surface area contributed by atoms with Crippen LogP contribution < -0.4 is 0 Å². The van der Waals surface area contributed by atoms with Crippen molar-refractivity contribution in [1.82, 2.24) is 4.90 Å². The number of hydrogen-bond donors (Lipinski definition) is 0. The van der Waals surface area contributed by atoms with Gasteiger partial charge >= 0.3 is 0 Å². The first-order valence-electron chi connectivity index (χ1n) is 5.41. The Morgan fingerprint density at radius 3 is 2.42 bits per heavy atom. The maximum atomic E-state index is 2.60. The van der Waals surface area contributed by atoms with E-state index >= 15 is 0 Å². The molecule has 3 atom stereocenters. The van der Waals surface area contributed by atoms with Crippen molar-refractivity contribution in [2.24, 2.45) is 17.3 Å². The molecule has 70 valence electrons. The van der Waals surface area contributed by atoms with E-state index in [0.29, 0.717) is 0 Å². The minimum absolute atomic E-state index is 0.783. The summed E-state index contributed by atoms with van der Waals surface area (Å²) in [6.07, 6.45) is 2.97. The fraction of sp³-hybridized carbons (Fsp3) is 1.00. The van der Waals surface area contributed by atoms with E-state index in [0.717, 1.165) is 17.3 Å². The van der Waals surface area contributed by atoms with Gasteiger partial charge in [-0.2, -0.15) is 0 Å². The molecule has 1 nitrogen and oxygen atoms in total. The van der Waals surface area contributed by atoms with Crippen LogP contribution in [-0.4, -0.2) is 24.5 Å². The first-order chi connectivity index (χ1) is 5.69. The number of piperidine rings is 1. The lowest BCUT2D eigenvalue weighted by Crippen LogP contribution is -2.40. The Morgan fingerprint density at radius 1 is 1.33 bits per heavy atom. The Hall–Kier alpha value is -0.0400. The zero-order valence-electron chi connectivity index (χ0n) is 8.64. The van der Waals surface area contributed by atoms with E-state index in [1.807, 2.05) is 0 Å². The van der Waals surface area contributed by atoms with Gasteiger partial charge in [0.15, 0.2) is 0 Å². The van der Waals surface area contributed by atoms with E-state index in [2.05, 4.69) is 25.7 Å². The van der Waals surface area contributed by atoms with Crippen molar-refractivity contribution in [3.8, 4) is 0 Å². The Kier molecular flexibility index (Phi) is 1.95. The van der Waals surface area contributed by atoms with Crippen LogP contribution in [0, 0.1) is 17.3 Å². The molecule has 1 aliphatic carbocycles. The van der Waals surface area contributed by atoms with Crippen molar-refractivity contribution in [1.29, 1.82) is 0 Å². The largest absolute Gasteiger partial charge is 0.303 e. The van der Waals surface area contributed by atoms with Crippen LogP contribution >= 0.6 is 0 Å². The van der Waals surface area contributed by atoms with E-state index in [-0.39, 0.29) is 0 Å². The SMILES string of the molecule is CCN1CCC2(CC2C)[C@H](C)C1. The third kappa shape index (κ3) is 1.10. The zero-order valence-corrected chi connectivity index (χ0v) is 8.64. The molecule has 0 aromatic carbocycles. The van der Waals surface area contributed by atoms with Gasteiger partial charge in [0.25, 0.3) is 0 Å². The maximum Gasteiger partial charge on any atom is 0.00123 e. The second kappa shape index (κ2) is 2.73. The van der Waals surface area contributed by atoms with Crippen LogP contribution in [0.25, 0.3) is 0 Å². The Labute approximate surface area is 76.1 Å². The van der Waals surface area contributed by atoms with Gasteiger partial charge in [-0.25, -0.2) is 0 Å². The van der Waals surface area contributed by atoms with E-state index in [9.17, 15) is 0 Å². The monoisotopic (exact) mass is 167 g/mol. The molecule has 0 bridgehead atoms. The molecule has 1 saturated heterocycles. The highest BCUT2D eigenvalue weighted by Gasteiger charge is 2.55. The van der Waals surface area contributed by atoms with Crippen LogP contribution in [-0.2, 0) is 0 Å². The number of hydrogen-bond acceptors (Lipinski definition) is 1. The summed E-state index contributed by atoms with van der Waals surface area (Å²) in [5, 5.41) is 0. The minimum atomic E-state index is 0.783. The molecule has 1 spiro atoms. The second-order valence-electron chi connectivity index (χ2n) is 4.88. The van der Waals surface area contributed by atoms with Crippen LogP contribution in [0.3, 0.4) is 0 Å². The van der Waals surface area contributed by atoms with Gasteiger partial charge in [0.1, 0.15) is 0 Å². The van der Waals surface area contributed by atoms with Crippen molar-refractivity contribution in [3.05, 3.63) is 0 Å². The van der Waals surface area contributed by atoms with E-state index in [1.165, 1.54) is 32.5 Å². The Balaban J connectivity index is 1.97. The van der Waals surface area contributed by atoms with Gasteiger partial charge in [0.05, 0.1) is 0 Å². The van der Waals surface area contributed by atoms with Crippen LogP contribution in [0.1, 0.15) is 33.6 Å². The highest BCUT2D eigenvalue weighted by atomic mass is 15.1. The molecule has 2 rings (SSSR count). The lowest BCUT2D eigenvalue weighted by molar-refractivity contribution is 0.111. The standard InChI is InChI=1S/C11H21N/c1-4-12-6-5-11(7-9(11)2)10(3)8-12/h9-10H,4-8H2,1-3H3/t9?,10-,11?/m1/s1. The molecular weight excluding hydrogens is 146 g/mol. The maximum absolute atomic E-state index is 2.60. The summed E-state index contributed by atoms with van der Waals surface area (Å²) in [6.45, 7) is 11.1. The Bertz CT molecular complexity index is 178. The van der Waals surface area contributed by atoms with Gasteiger partial charge < -0.3 is 4.90 Å². The third-order valence-electron chi connectivity index (χ3n) is 4.36. The number of likely N-dealkylation sites (tertiary alicyclic amines) is 1. The summed E-state index contributed by atoms with van der Waals surface area (Å²) in [7, 11) is 0. The quantitative estimate of drug-likeness (QED) is 0.579. The predicted molar refractivity (Wildman–Crippen MR) is 52.1 cm³/mol. The molecule has 0 radical (unpaired) electrons. The highest BCUT2D eigenvalue weighted by Crippen LogP contribution is 2.61. The van der Waals surface area contributed by atoms with E-state index < -0.39 is 0 Å².